The molecule has 1 heterocycles. The fraction of sp³-hybridized carbons (Fsp3) is 0.308. The van der Waals surface area contributed by atoms with Crippen LogP contribution in [0.5, 0.6) is 11.5 Å². The lowest BCUT2D eigenvalue weighted by molar-refractivity contribution is -0.141. The predicted octanol–water partition coefficient (Wildman–Crippen LogP) is 0.583. The van der Waals surface area contributed by atoms with E-state index in [2.05, 4.69) is 10.6 Å². The van der Waals surface area contributed by atoms with Crippen LogP contribution >= 0.6 is 12.2 Å². The summed E-state index contributed by atoms with van der Waals surface area (Å²) in [5, 5.41) is 5.10. The SMILES string of the molecule is CCOC(=O)CNC(=S)NC(=O)c1ccc2c(c1)OCO2. The highest BCUT2D eigenvalue weighted by atomic mass is 32.1. The van der Waals surface area contributed by atoms with Gasteiger partial charge < -0.3 is 19.5 Å². The van der Waals surface area contributed by atoms with E-state index in [-0.39, 0.29) is 25.1 Å². The first-order valence-corrected chi connectivity index (χ1v) is 6.65. The minimum absolute atomic E-state index is 0.0470. The number of carbonyl (C=O) groups excluding carboxylic acids is 2. The average Bonchev–Trinajstić information content (AvgIpc) is 2.92. The molecule has 0 radical (unpaired) electrons. The zero-order chi connectivity index (χ0) is 15.2. The molecule has 2 N–H and O–H groups in total. The van der Waals surface area contributed by atoms with Crippen molar-refractivity contribution in [1.82, 2.24) is 10.6 Å². The maximum Gasteiger partial charge on any atom is 0.325 e. The summed E-state index contributed by atoms with van der Waals surface area (Å²) in [5.41, 5.74) is 0.375. The van der Waals surface area contributed by atoms with Crippen LogP contribution in [0.15, 0.2) is 18.2 Å². The van der Waals surface area contributed by atoms with Gasteiger partial charge in [-0.25, -0.2) is 0 Å². The van der Waals surface area contributed by atoms with Crippen molar-refractivity contribution in [3.8, 4) is 11.5 Å². The topological polar surface area (TPSA) is 85.9 Å². The summed E-state index contributed by atoms with van der Waals surface area (Å²) >= 11 is 4.93. The number of nitrogens with one attached hydrogen (secondary N) is 2. The molecule has 8 heteroatoms. The lowest BCUT2D eigenvalue weighted by Gasteiger charge is -2.09. The van der Waals surface area contributed by atoms with Crippen molar-refractivity contribution in [2.24, 2.45) is 0 Å². The fourth-order valence-corrected chi connectivity index (χ4v) is 1.79. The molecule has 0 saturated heterocycles. The predicted molar refractivity (Wildman–Crippen MR) is 77.3 cm³/mol. The Balaban J connectivity index is 1.86. The molecule has 21 heavy (non-hydrogen) atoms. The molecule has 0 fully saturated rings. The van der Waals surface area contributed by atoms with Crippen molar-refractivity contribution in [3.63, 3.8) is 0 Å². The maximum absolute atomic E-state index is 12.0. The van der Waals surface area contributed by atoms with Gasteiger partial charge in [-0.05, 0) is 37.3 Å². The van der Waals surface area contributed by atoms with Crippen molar-refractivity contribution in [3.05, 3.63) is 23.8 Å². The van der Waals surface area contributed by atoms with Gasteiger partial charge in [0, 0.05) is 5.56 Å². The second kappa shape index (κ2) is 6.89. The van der Waals surface area contributed by atoms with Crippen LogP contribution in [-0.2, 0) is 9.53 Å². The van der Waals surface area contributed by atoms with Crippen molar-refractivity contribution < 1.29 is 23.8 Å². The molecule has 0 aliphatic carbocycles. The van der Waals surface area contributed by atoms with Gasteiger partial charge in [0.1, 0.15) is 6.54 Å². The van der Waals surface area contributed by atoms with E-state index >= 15 is 0 Å². The highest BCUT2D eigenvalue weighted by Crippen LogP contribution is 2.32. The minimum Gasteiger partial charge on any atom is -0.465 e. The van der Waals surface area contributed by atoms with E-state index in [1.54, 1.807) is 25.1 Å². The first-order valence-electron chi connectivity index (χ1n) is 6.24. The number of amides is 1. The molecule has 1 aliphatic rings. The maximum atomic E-state index is 12.0. The highest BCUT2D eigenvalue weighted by molar-refractivity contribution is 7.80. The van der Waals surface area contributed by atoms with Crippen LogP contribution in [0.4, 0.5) is 0 Å². The van der Waals surface area contributed by atoms with Crippen LogP contribution in [0.2, 0.25) is 0 Å². The van der Waals surface area contributed by atoms with Crippen molar-refractivity contribution in [2.75, 3.05) is 19.9 Å². The van der Waals surface area contributed by atoms with Gasteiger partial charge >= 0.3 is 5.97 Å². The first-order chi connectivity index (χ1) is 10.1. The highest BCUT2D eigenvalue weighted by Gasteiger charge is 2.16. The second-order valence-corrected chi connectivity index (χ2v) is 4.42. The Morgan fingerprint density at radius 1 is 1.33 bits per heavy atom. The van der Waals surface area contributed by atoms with Gasteiger partial charge in [-0.2, -0.15) is 0 Å². The van der Waals surface area contributed by atoms with Crippen LogP contribution in [0.1, 0.15) is 17.3 Å². The third kappa shape index (κ3) is 4.06. The van der Waals surface area contributed by atoms with Crippen molar-refractivity contribution in [1.29, 1.82) is 0 Å². The molecule has 2 rings (SSSR count). The van der Waals surface area contributed by atoms with Gasteiger partial charge in [0.2, 0.25) is 6.79 Å². The Labute approximate surface area is 126 Å². The molecule has 0 atom stereocenters. The van der Waals surface area contributed by atoms with Crippen LogP contribution in [0, 0.1) is 0 Å². The second-order valence-electron chi connectivity index (χ2n) is 4.01. The summed E-state index contributed by atoms with van der Waals surface area (Å²) in [6, 6.07) is 4.80. The van der Waals surface area contributed by atoms with Gasteiger partial charge in [0.25, 0.3) is 5.91 Å². The van der Waals surface area contributed by atoms with Crippen LogP contribution in [-0.4, -0.2) is 36.9 Å². The third-order valence-electron chi connectivity index (χ3n) is 2.56. The summed E-state index contributed by atoms with van der Waals surface area (Å²) in [7, 11) is 0. The molecule has 1 aromatic carbocycles. The van der Waals surface area contributed by atoms with E-state index in [4.69, 9.17) is 26.4 Å². The fourth-order valence-electron chi connectivity index (χ4n) is 1.62. The summed E-state index contributed by atoms with van der Waals surface area (Å²) in [6.07, 6.45) is 0. The molecule has 0 aromatic heterocycles. The van der Waals surface area contributed by atoms with Crippen LogP contribution in [0.25, 0.3) is 0 Å². The Kier molecular flexibility index (Phi) is 4.94. The van der Waals surface area contributed by atoms with Gasteiger partial charge in [-0.3, -0.25) is 14.9 Å². The minimum atomic E-state index is -0.447. The molecule has 0 saturated carbocycles. The summed E-state index contributed by atoms with van der Waals surface area (Å²) in [5.74, 6) is 0.245. The molecule has 0 bridgehead atoms. The zero-order valence-electron chi connectivity index (χ0n) is 11.3. The van der Waals surface area contributed by atoms with E-state index in [1.807, 2.05) is 0 Å². The number of hydrogen-bond donors (Lipinski definition) is 2. The largest absolute Gasteiger partial charge is 0.465 e. The number of hydrogen-bond acceptors (Lipinski definition) is 6. The molecular weight excluding hydrogens is 296 g/mol. The van der Waals surface area contributed by atoms with Crippen molar-refractivity contribution in [2.45, 2.75) is 6.92 Å². The zero-order valence-corrected chi connectivity index (χ0v) is 12.1. The van der Waals surface area contributed by atoms with E-state index in [0.717, 1.165) is 0 Å². The Morgan fingerprint density at radius 2 is 2.10 bits per heavy atom. The Hall–Kier alpha value is -2.35. The Morgan fingerprint density at radius 3 is 2.86 bits per heavy atom. The van der Waals surface area contributed by atoms with Crippen LogP contribution < -0.4 is 20.1 Å². The van der Waals surface area contributed by atoms with Gasteiger partial charge in [0.15, 0.2) is 16.6 Å². The monoisotopic (exact) mass is 310 g/mol. The number of fused-ring (bicyclic) bond motifs is 1. The smallest absolute Gasteiger partial charge is 0.325 e. The van der Waals surface area contributed by atoms with E-state index in [0.29, 0.717) is 17.1 Å². The van der Waals surface area contributed by atoms with E-state index in [9.17, 15) is 9.59 Å². The molecule has 7 nitrogen and oxygen atoms in total. The van der Waals surface area contributed by atoms with E-state index < -0.39 is 11.9 Å². The summed E-state index contributed by atoms with van der Waals surface area (Å²) < 4.78 is 15.1. The number of esters is 1. The lowest BCUT2D eigenvalue weighted by Crippen LogP contribution is -2.41. The number of ether oxygens (including phenoxy) is 3. The standard InChI is InChI=1S/C13H14N2O5S/c1-2-18-11(16)6-14-13(21)15-12(17)8-3-4-9-10(5-8)20-7-19-9/h3-5H,2,6-7H2,1H3,(H2,14,15,17,21). The molecule has 0 spiro atoms. The number of thiocarbonyl (C=S) groups is 1. The van der Waals surface area contributed by atoms with Gasteiger partial charge in [-0.1, -0.05) is 0 Å². The Bertz CT molecular complexity index is 576. The van der Waals surface area contributed by atoms with Crippen LogP contribution in [0.3, 0.4) is 0 Å². The lowest BCUT2D eigenvalue weighted by atomic mass is 10.2. The summed E-state index contributed by atoms with van der Waals surface area (Å²) in [4.78, 5) is 23.1. The van der Waals surface area contributed by atoms with Crippen molar-refractivity contribution >= 4 is 29.2 Å². The molecule has 1 amide bonds. The number of carbonyl (C=O) groups is 2. The molecular formula is C13H14N2O5S. The number of benzene rings is 1. The average molecular weight is 310 g/mol. The molecule has 1 aliphatic heterocycles. The van der Waals surface area contributed by atoms with Gasteiger partial charge in [0.05, 0.1) is 6.61 Å². The summed E-state index contributed by atoms with van der Waals surface area (Å²) in [6.45, 7) is 2.03. The third-order valence-corrected chi connectivity index (χ3v) is 2.81. The number of rotatable bonds is 4. The quantitative estimate of drug-likeness (QED) is 0.621. The molecule has 0 unspecified atom stereocenters. The molecule has 112 valence electrons. The first kappa shape index (κ1) is 15.0. The van der Waals surface area contributed by atoms with E-state index in [1.165, 1.54) is 0 Å². The normalized spacial score (nSPS) is 11.7. The van der Waals surface area contributed by atoms with Gasteiger partial charge in [-0.15, -0.1) is 0 Å². The molecule has 1 aromatic rings.